The van der Waals surface area contributed by atoms with E-state index in [1.54, 1.807) is 17.8 Å². The largest absolute Gasteiger partial charge is 0.383 e. The molecule has 4 N–H and O–H groups in total. The summed E-state index contributed by atoms with van der Waals surface area (Å²) in [6.07, 6.45) is 0. The van der Waals surface area contributed by atoms with Gasteiger partial charge >= 0.3 is 0 Å². The smallest absolute Gasteiger partial charge is 0.223 e. The lowest BCUT2D eigenvalue weighted by Gasteiger charge is -2.07. The van der Waals surface area contributed by atoms with Crippen molar-refractivity contribution >= 4 is 23.5 Å². The molecule has 0 fully saturated rings. The molecule has 0 aliphatic carbocycles. The average Bonchev–Trinajstić information content (AvgIpc) is 2.22. The van der Waals surface area contributed by atoms with Gasteiger partial charge in [0.05, 0.1) is 0 Å². The highest BCUT2D eigenvalue weighted by Crippen LogP contribution is 2.30. The molecule has 0 radical (unpaired) electrons. The van der Waals surface area contributed by atoms with Gasteiger partial charge < -0.3 is 11.5 Å². The molecular weight excluding hydrogens is 232 g/mol. The highest BCUT2D eigenvalue weighted by molar-refractivity contribution is 7.99. The maximum atomic E-state index is 5.64. The van der Waals surface area contributed by atoms with Gasteiger partial charge in [0.15, 0.2) is 0 Å². The SMILES string of the molecule is Cc1ccc(C)c(Sc2cc(N)nc(N)n2)c1. The highest BCUT2D eigenvalue weighted by atomic mass is 32.2. The van der Waals surface area contributed by atoms with Crippen molar-refractivity contribution in [3.63, 3.8) is 0 Å². The van der Waals surface area contributed by atoms with Crippen LogP contribution in [0.4, 0.5) is 11.8 Å². The van der Waals surface area contributed by atoms with E-state index in [0.29, 0.717) is 5.82 Å². The van der Waals surface area contributed by atoms with Gasteiger partial charge in [0.25, 0.3) is 0 Å². The van der Waals surface area contributed by atoms with Crippen molar-refractivity contribution in [3.8, 4) is 0 Å². The van der Waals surface area contributed by atoms with Crippen LogP contribution in [-0.4, -0.2) is 9.97 Å². The van der Waals surface area contributed by atoms with Crippen LogP contribution >= 0.6 is 11.8 Å². The van der Waals surface area contributed by atoms with E-state index in [-0.39, 0.29) is 5.95 Å². The number of nitrogen functional groups attached to an aromatic ring is 2. The molecule has 1 aromatic heterocycles. The van der Waals surface area contributed by atoms with Crippen LogP contribution in [0.5, 0.6) is 0 Å². The molecule has 0 aliphatic rings. The molecule has 1 heterocycles. The van der Waals surface area contributed by atoms with E-state index in [4.69, 9.17) is 11.5 Å². The molecule has 0 spiro atoms. The number of nitrogens with two attached hydrogens (primary N) is 2. The van der Waals surface area contributed by atoms with Crippen molar-refractivity contribution in [1.29, 1.82) is 0 Å². The maximum Gasteiger partial charge on any atom is 0.223 e. The molecule has 5 heteroatoms. The molecular formula is C12H14N4S. The Labute approximate surface area is 104 Å². The van der Waals surface area contributed by atoms with Crippen LogP contribution in [0.2, 0.25) is 0 Å². The van der Waals surface area contributed by atoms with Gasteiger partial charge in [-0.2, -0.15) is 4.98 Å². The Bertz CT molecular complexity index is 534. The van der Waals surface area contributed by atoms with E-state index in [0.717, 1.165) is 9.92 Å². The molecule has 2 rings (SSSR count). The second-order valence-corrected chi connectivity index (χ2v) is 4.92. The predicted octanol–water partition coefficient (Wildman–Crippen LogP) is 2.41. The topological polar surface area (TPSA) is 77.8 Å². The van der Waals surface area contributed by atoms with Crippen LogP contribution < -0.4 is 11.5 Å². The number of aromatic nitrogens is 2. The first kappa shape index (κ1) is 11.7. The van der Waals surface area contributed by atoms with Gasteiger partial charge in [-0.05, 0) is 31.0 Å². The fourth-order valence-corrected chi connectivity index (χ4v) is 2.46. The number of anilines is 2. The third kappa shape index (κ3) is 2.88. The van der Waals surface area contributed by atoms with Gasteiger partial charge in [0.1, 0.15) is 10.8 Å². The standard InChI is InChI=1S/C12H14N4S/c1-7-3-4-8(2)9(5-7)17-11-6-10(13)15-12(14)16-11/h3-6H,1-2H3,(H4,13,14,15,16). The average molecular weight is 246 g/mol. The quantitative estimate of drug-likeness (QED) is 0.796. The van der Waals surface area contributed by atoms with Crippen LogP contribution in [0.3, 0.4) is 0 Å². The first-order valence-electron chi connectivity index (χ1n) is 5.20. The Morgan fingerprint density at radius 3 is 2.53 bits per heavy atom. The number of rotatable bonds is 2. The molecule has 0 bridgehead atoms. The minimum Gasteiger partial charge on any atom is -0.383 e. The van der Waals surface area contributed by atoms with Crippen molar-refractivity contribution in [1.82, 2.24) is 9.97 Å². The lowest BCUT2D eigenvalue weighted by Crippen LogP contribution is -2.00. The summed E-state index contributed by atoms with van der Waals surface area (Å²) in [5.74, 6) is 0.600. The van der Waals surface area contributed by atoms with Gasteiger partial charge in [0, 0.05) is 11.0 Å². The van der Waals surface area contributed by atoms with Crippen molar-refractivity contribution in [3.05, 3.63) is 35.4 Å². The maximum absolute atomic E-state index is 5.64. The Hall–Kier alpha value is -1.75. The highest BCUT2D eigenvalue weighted by Gasteiger charge is 2.05. The van der Waals surface area contributed by atoms with E-state index >= 15 is 0 Å². The molecule has 88 valence electrons. The zero-order valence-corrected chi connectivity index (χ0v) is 10.6. The fourth-order valence-electron chi connectivity index (χ4n) is 1.44. The summed E-state index contributed by atoms with van der Waals surface area (Å²) in [6, 6.07) is 8.02. The first-order chi connectivity index (χ1) is 8.04. The second kappa shape index (κ2) is 4.63. The summed E-state index contributed by atoms with van der Waals surface area (Å²) in [5.41, 5.74) is 13.6. The number of hydrogen-bond donors (Lipinski definition) is 2. The zero-order valence-electron chi connectivity index (χ0n) is 9.77. The Morgan fingerprint density at radius 1 is 1.06 bits per heavy atom. The third-order valence-electron chi connectivity index (χ3n) is 2.30. The molecule has 0 saturated heterocycles. The van der Waals surface area contributed by atoms with Gasteiger partial charge in [-0.3, -0.25) is 0 Å². The Kier molecular flexibility index (Phi) is 3.19. The van der Waals surface area contributed by atoms with E-state index in [1.165, 1.54) is 11.1 Å². The molecule has 0 atom stereocenters. The molecule has 0 saturated carbocycles. The number of nitrogens with zero attached hydrogens (tertiary/aromatic N) is 2. The lowest BCUT2D eigenvalue weighted by molar-refractivity contribution is 1.07. The fraction of sp³-hybridized carbons (Fsp3) is 0.167. The van der Waals surface area contributed by atoms with E-state index in [1.807, 2.05) is 0 Å². The van der Waals surface area contributed by atoms with Gasteiger partial charge in [-0.1, -0.05) is 23.9 Å². The van der Waals surface area contributed by atoms with E-state index in [9.17, 15) is 0 Å². The summed E-state index contributed by atoms with van der Waals surface area (Å²) in [5, 5.41) is 0.767. The molecule has 0 aliphatic heterocycles. The lowest BCUT2D eigenvalue weighted by atomic mass is 10.2. The van der Waals surface area contributed by atoms with E-state index < -0.39 is 0 Å². The third-order valence-corrected chi connectivity index (χ3v) is 3.38. The minimum atomic E-state index is 0.206. The molecule has 2 aromatic rings. The summed E-state index contributed by atoms with van der Waals surface area (Å²) >= 11 is 1.55. The van der Waals surface area contributed by atoms with Gasteiger partial charge in [0.2, 0.25) is 5.95 Å². The molecule has 0 unspecified atom stereocenters. The van der Waals surface area contributed by atoms with Crippen molar-refractivity contribution in [2.75, 3.05) is 11.5 Å². The summed E-state index contributed by atoms with van der Waals surface area (Å²) in [7, 11) is 0. The van der Waals surface area contributed by atoms with Gasteiger partial charge in [-0.25, -0.2) is 4.98 Å². The van der Waals surface area contributed by atoms with Crippen LogP contribution in [0.1, 0.15) is 11.1 Å². The van der Waals surface area contributed by atoms with Crippen LogP contribution in [0, 0.1) is 13.8 Å². The van der Waals surface area contributed by atoms with Crippen molar-refractivity contribution in [2.24, 2.45) is 0 Å². The molecule has 1 aromatic carbocycles. The summed E-state index contributed by atoms with van der Waals surface area (Å²) < 4.78 is 0. The minimum absolute atomic E-state index is 0.206. The molecule has 0 amide bonds. The number of aryl methyl sites for hydroxylation is 2. The second-order valence-electron chi connectivity index (χ2n) is 3.86. The zero-order chi connectivity index (χ0) is 12.4. The number of benzene rings is 1. The monoisotopic (exact) mass is 246 g/mol. The van der Waals surface area contributed by atoms with Crippen LogP contribution in [0.25, 0.3) is 0 Å². The van der Waals surface area contributed by atoms with Crippen molar-refractivity contribution < 1.29 is 0 Å². The Balaban J connectivity index is 2.34. The normalized spacial score (nSPS) is 10.5. The first-order valence-corrected chi connectivity index (χ1v) is 6.01. The number of hydrogen-bond acceptors (Lipinski definition) is 5. The van der Waals surface area contributed by atoms with Crippen LogP contribution in [-0.2, 0) is 0 Å². The summed E-state index contributed by atoms with van der Waals surface area (Å²) in [6.45, 7) is 4.13. The van der Waals surface area contributed by atoms with Gasteiger partial charge in [-0.15, -0.1) is 0 Å². The Morgan fingerprint density at radius 2 is 1.82 bits per heavy atom. The van der Waals surface area contributed by atoms with E-state index in [2.05, 4.69) is 42.0 Å². The predicted molar refractivity (Wildman–Crippen MR) is 70.9 cm³/mol. The molecule has 4 nitrogen and oxygen atoms in total. The summed E-state index contributed by atoms with van der Waals surface area (Å²) in [4.78, 5) is 9.15. The molecule has 17 heavy (non-hydrogen) atoms. The van der Waals surface area contributed by atoms with Crippen LogP contribution in [0.15, 0.2) is 34.2 Å². The van der Waals surface area contributed by atoms with Crippen molar-refractivity contribution in [2.45, 2.75) is 23.8 Å².